The third-order valence-corrected chi connectivity index (χ3v) is 2.43. The molecule has 2 N–H and O–H groups in total. The summed E-state index contributed by atoms with van der Waals surface area (Å²) in [7, 11) is 0. The molecule has 0 unspecified atom stereocenters. The molecule has 0 aliphatic carbocycles. The molecule has 2 aromatic carbocycles. The van der Waals surface area contributed by atoms with Gasteiger partial charge in [-0.25, -0.2) is 0 Å². The van der Waals surface area contributed by atoms with Crippen LogP contribution in [0.1, 0.15) is 11.1 Å². The second-order valence-corrected chi connectivity index (χ2v) is 3.82. The Balaban J connectivity index is 2.20. The first-order valence-corrected chi connectivity index (χ1v) is 5.28. The average molecular weight is 227 g/mol. The van der Waals surface area contributed by atoms with Crippen molar-refractivity contribution in [2.24, 2.45) is 4.99 Å². The van der Waals surface area contributed by atoms with Crippen molar-refractivity contribution in [3.63, 3.8) is 0 Å². The highest BCUT2D eigenvalue weighted by Crippen LogP contribution is 2.18. The highest BCUT2D eigenvalue weighted by molar-refractivity contribution is 5.82. The van der Waals surface area contributed by atoms with Gasteiger partial charge >= 0.3 is 0 Å². The van der Waals surface area contributed by atoms with Crippen LogP contribution in [0, 0.1) is 6.92 Å². The molecule has 0 aliphatic heterocycles. The molecular weight excluding hydrogens is 214 g/mol. The number of hydrogen-bond acceptors (Lipinski definition) is 3. The minimum atomic E-state index is 0.226. The molecule has 0 bridgehead atoms. The molecule has 0 aromatic heterocycles. The predicted molar refractivity (Wildman–Crippen MR) is 68.2 cm³/mol. The second-order valence-electron chi connectivity index (χ2n) is 3.82. The molecule has 2 rings (SSSR count). The van der Waals surface area contributed by atoms with E-state index in [2.05, 4.69) is 4.99 Å². The Kier molecular flexibility index (Phi) is 3.10. The van der Waals surface area contributed by atoms with Crippen molar-refractivity contribution in [3.8, 4) is 11.5 Å². The standard InChI is InChI=1S/C14H13NO2/c1-10-8-11(2-7-14(10)17)9-15-12-3-5-13(16)6-4-12/h2-9,16-17H,1H3. The predicted octanol–water partition coefficient (Wildman–Crippen LogP) is 3.16. The van der Waals surface area contributed by atoms with Gasteiger partial charge in [-0.3, -0.25) is 4.99 Å². The topological polar surface area (TPSA) is 52.8 Å². The Morgan fingerprint density at radius 3 is 2.35 bits per heavy atom. The summed E-state index contributed by atoms with van der Waals surface area (Å²) in [4.78, 5) is 4.27. The fourth-order valence-corrected chi connectivity index (χ4v) is 1.45. The number of aliphatic imine (C=N–C) groups is 1. The fourth-order valence-electron chi connectivity index (χ4n) is 1.45. The molecule has 0 heterocycles. The van der Waals surface area contributed by atoms with Crippen LogP contribution >= 0.6 is 0 Å². The van der Waals surface area contributed by atoms with Gasteiger partial charge < -0.3 is 10.2 Å². The van der Waals surface area contributed by atoms with Gasteiger partial charge in [-0.15, -0.1) is 0 Å². The average Bonchev–Trinajstić information content (AvgIpc) is 2.33. The number of hydrogen-bond donors (Lipinski definition) is 2. The molecule has 3 nitrogen and oxygen atoms in total. The molecule has 17 heavy (non-hydrogen) atoms. The van der Waals surface area contributed by atoms with Crippen LogP contribution in [-0.4, -0.2) is 16.4 Å². The maximum absolute atomic E-state index is 9.39. The lowest BCUT2D eigenvalue weighted by Gasteiger charge is -1.99. The lowest BCUT2D eigenvalue weighted by Crippen LogP contribution is -1.82. The molecule has 0 aliphatic rings. The smallest absolute Gasteiger partial charge is 0.118 e. The Morgan fingerprint density at radius 2 is 1.71 bits per heavy atom. The maximum atomic E-state index is 9.39. The highest BCUT2D eigenvalue weighted by atomic mass is 16.3. The Morgan fingerprint density at radius 1 is 1.00 bits per heavy atom. The van der Waals surface area contributed by atoms with E-state index in [4.69, 9.17) is 5.11 Å². The van der Waals surface area contributed by atoms with Gasteiger partial charge in [0.15, 0.2) is 0 Å². The molecule has 86 valence electrons. The lowest BCUT2D eigenvalue weighted by molar-refractivity contribution is 0.471. The molecule has 0 saturated heterocycles. The summed E-state index contributed by atoms with van der Waals surface area (Å²) in [5.41, 5.74) is 2.52. The Bertz CT molecular complexity index is 545. The van der Waals surface area contributed by atoms with Crippen molar-refractivity contribution in [2.45, 2.75) is 6.92 Å². The van der Waals surface area contributed by atoms with Crippen LogP contribution in [0.2, 0.25) is 0 Å². The Labute approximate surface area is 99.7 Å². The van der Waals surface area contributed by atoms with Gasteiger partial charge in [0.1, 0.15) is 11.5 Å². The first-order chi connectivity index (χ1) is 8.15. The van der Waals surface area contributed by atoms with Crippen molar-refractivity contribution < 1.29 is 10.2 Å². The highest BCUT2D eigenvalue weighted by Gasteiger charge is 1.95. The molecule has 0 amide bonds. The van der Waals surface area contributed by atoms with Crippen LogP contribution < -0.4 is 0 Å². The number of rotatable bonds is 2. The van der Waals surface area contributed by atoms with Crippen molar-refractivity contribution in [2.75, 3.05) is 0 Å². The van der Waals surface area contributed by atoms with Gasteiger partial charge in [-0.1, -0.05) is 0 Å². The SMILES string of the molecule is Cc1cc(C=Nc2ccc(O)cc2)ccc1O. The number of nitrogens with zero attached hydrogens (tertiary/aromatic N) is 1. The molecule has 0 atom stereocenters. The molecule has 0 radical (unpaired) electrons. The van der Waals surface area contributed by atoms with Crippen molar-refractivity contribution in [3.05, 3.63) is 53.6 Å². The van der Waals surface area contributed by atoms with E-state index in [1.807, 2.05) is 13.0 Å². The quantitative estimate of drug-likeness (QED) is 0.774. The zero-order chi connectivity index (χ0) is 12.3. The normalized spacial score (nSPS) is 10.9. The first-order valence-electron chi connectivity index (χ1n) is 5.28. The van der Waals surface area contributed by atoms with E-state index in [1.54, 1.807) is 42.6 Å². The van der Waals surface area contributed by atoms with Crippen LogP contribution in [0.5, 0.6) is 11.5 Å². The first kappa shape index (κ1) is 11.2. The third kappa shape index (κ3) is 2.84. The van der Waals surface area contributed by atoms with Crippen molar-refractivity contribution >= 4 is 11.9 Å². The summed E-state index contributed by atoms with van der Waals surface area (Å²) < 4.78 is 0. The van der Waals surface area contributed by atoms with Gasteiger partial charge in [0.25, 0.3) is 0 Å². The van der Waals surface area contributed by atoms with E-state index in [0.29, 0.717) is 0 Å². The summed E-state index contributed by atoms with van der Waals surface area (Å²) in [6, 6.07) is 12.0. The second kappa shape index (κ2) is 4.70. The van der Waals surface area contributed by atoms with Gasteiger partial charge in [-0.05, 0) is 60.5 Å². The number of aromatic hydroxyl groups is 2. The number of phenolic OH excluding ortho intramolecular Hbond substituents is 2. The van der Waals surface area contributed by atoms with E-state index in [9.17, 15) is 5.11 Å². The summed E-state index contributed by atoms with van der Waals surface area (Å²) >= 11 is 0. The third-order valence-electron chi connectivity index (χ3n) is 2.43. The van der Waals surface area contributed by atoms with E-state index in [-0.39, 0.29) is 11.5 Å². The summed E-state index contributed by atoms with van der Waals surface area (Å²) in [6.07, 6.45) is 1.72. The van der Waals surface area contributed by atoms with Crippen molar-refractivity contribution in [1.29, 1.82) is 0 Å². The number of benzene rings is 2. The zero-order valence-electron chi connectivity index (χ0n) is 9.46. The maximum Gasteiger partial charge on any atom is 0.118 e. The summed E-state index contributed by atoms with van der Waals surface area (Å²) in [6.45, 7) is 1.84. The van der Waals surface area contributed by atoms with E-state index in [0.717, 1.165) is 16.8 Å². The number of phenols is 2. The lowest BCUT2D eigenvalue weighted by atomic mass is 10.1. The summed E-state index contributed by atoms with van der Waals surface area (Å²) in [5, 5.41) is 18.5. The van der Waals surface area contributed by atoms with Crippen LogP contribution in [-0.2, 0) is 0 Å². The van der Waals surface area contributed by atoms with E-state index < -0.39 is 0 Å². The molecule has 2 aromatic rings. The largest absolute Gasteiger partial charge is 0.508 e. The van der Waals surface area contributed by atoms with E-state index >= 15 is 0 Å². The van der Waals surface area contributed by atoms with Gasteiger partial charge in [0.05, 0.1) is 5.69 Å². The molecule has 3 heteroatoms. The van der Waals surface area contributed by atoms with Crippen LogP contribution in [0.25, 0.3) is 0 Å². The summed E-state index contributed by atoms with van der Waals surface area (Å²) in [5.74, 6) is 0.510. The molecule has 0 fully saturated rings. The zero-order valence-corrected chi connectivity index (χ0v) is 9.46. The fraction of sp³-hybridized carbons (Fsp3) is 0.0714. The van der Waals surface area contributed by atoms with Crippen LogP contribution in [0.15, 0.2) is 47.5 Å². The molecular formula is C14H13NO2. The monoisotopic (exact) mass is 227 g/mol. The molecule has 0 saturated carbocycles. The van der Waals surface area contributed by atoms with Crippen LogP contribution in [0.4, 0.5) is 5.69 Å². The Hall–Kier alpha value is -2.29. The van der Waals surface area contributed by atoms with E-state index in [1.165, 1.54) is 0 Å². The molecule has 0 spiro atoms. The van der Waals surface area contributed by atoms with Gasteiger partial charge in [0, 0.05) is 6.21 Å². The number of aryl methyl sites for hydroxylation is 1. The van der Waals surface area contributed by atoms with Gasteiger partial charge in [-0.2, -0.15) is 0 Å². The van der Waals surface area contributed by atoms with Crippen LogP contribution in [0.3, 0.4) is 0 Å². The minimum absolute atomic E-state index is 0.226. The minimum Gasteiger partial charge on any atom is -0.508 e. The van der Waals surface area contributed by atoms with Gasteiger partial charge in [0.2, 0.25) is 0 Å². The van der Waals surface area contributed by atoms with Crippen molar-refractivity contribution in [1.82, 2.24) is 0 Å².